The summed E-state index contributed by atoms with van der Waals surface area (Å²) in [5.41, 5.74) is 0.718. The zero-order chi connectivity index (χ0) is 16.0. The number of halogens is 1. The number of benzene rings is 1. The van der Waals surface area contributed by atoms with Crippen LogP contribution in [0, 0.1) is 6.92 Å². The molecular formula is C13H14ClNO6. The Kier molecular flexibility index (Phi) is 5.98. The molecule has 1 aromatic rings. The van der Waals surface area contributed by atoms with Crippen LogP contribution in [0.1, 0.15) is 12.0 Å². The molecule has 8 heteroatoms. The number of carbonyl (C=O) groups is 3. The lowest BCUT2D eigenvalue weighted by Gasteiger charge is -2.13. The highest BCUT2D eigenvalue weighted by atomic mass is 35.5. The number of ether oxygens (including phenoxy) is 1. The van der Waals surface area contributed by atoms with Gasteiger partial charge in [-0.25, -0.2) is 4.79 Å². The zero-order valence-electron chi connectivity index (χ0n) is 11.1. The molecule has 1 atom stereocenters. The van der Waals surface area contributed by atoms with Crippen LogP contribution >= 0.6 is 11.6 Å². The van der Waals surface area contributed by atoms with Crippen LogP contribution in [0.3, 0.4) is 0 Å². The van der Waals surface area contributed by atoms with Gasteiger partial charge in [-0.2, -0.15) is 0 Å². The van der Waals surface area contributed by atoms with Crippen molar-refractivity contribution in [3.63, 3.8) is 0 Å². The fraction of sp³-hybridized carbons (Fsp3) is 0.308. The standard InChI is InChI=1S/C13H14ClNO6/c1-7-4-8(14)2-3-10(7)21-6-11(16)15-9(13(19)20)5-12(17)18/h2-4,9H,5-6H2,1H3,(H,15,16)(H,17,18)(H,19,20). The van der Waals surface area contributed by atoms with Gasteiger partial charge in [-0.05, 0) is 30.7 Å². The number of carboxylic acids is 2. The van der Waals surface area contributed by atoms with E-state index in [0.29, 0.717) is 10.8 Å². The summed E-state index contributed by atoms with van der Waals surface area (Å²) in [6.45, 7) is 1.31. The van der Waals surface area contributed by atoms with E-state index in [1.54, 1.807) is 25.1 Å². The second-order valence-electron chi connectivity index (χ2n) is 4.25. The zero-order valence-corrected chi connectivity index (χ0v) is 11.9. The summed E-state index contributed by atoms with van der Waals surface area (Å²) in [7, 11) is 0. The molecule has 1 rings (SSSR count). The molecule has 1 aromatic carbocycles. The Balaban J connectivity index is 2.56. The van der Waals surface area contributed by atoms with Crippen molar-refractivity contribution < 1.29 is 29.3 Å². The van der Waals surface area contributed by atoms with Crippen LogP contribution in [0.25, 0.3) is 0 Å². The summed E-state index contributed by atoms with van der Waals surface area (Å²) in [4.78, 5) is 32.9. The smallest absolute Gasteiger partial charge is 0.326 e. The number of nitrogens with one attached hydrogen (secondary N) is 1. The van der Waals surface area contributed by atoms with Crippen LogP contribution in [0.5, 0.6) is 5.75 Å². The molecule has 0 heterocycles. The van der Waals surface area contributed by atoms with E-state index >= 15 is 0 Å². The summed E-state index contributed by atoms with van der Waals surface area (Å²) in [6, 6.07) is 3.33. The Morgan fingerprint density at radius 1 is 1.33 bits per heavy atom. The van der Waals surface area contributed by atoms with Gasteiger partial charge in [-0.1, -0.05) is 11.6 Å². The summed E-state index contributed by atoms with van der Waals surface area (Å²) in [5.74, 6) is -3.04. The van der Waals surface area contributed by atoms with E-state index in [9.17, 15) is 14.4 Å². The van der Waals surface area contributed by atoms with Crippen molar-refractivity contribution in [3.8, 4) is 5.75 Å². The average molecular weight is 316 g/mol. The quantitative estimate of drug-likeness (QED) is 0.693. The van der Waals surface area contributed by atoms with Crippen LogP contribution in [-0.4, -0.2) is 40.7 Å². The number of rotatable bonds is 7. The predicted octanol–water partition coefficient (Wildman–Crippen LogP) is 1.07. The molecule has 0 radical (unpaired) electrons. The summed E-state index contributed by atoms with van der Waals surface area (Å²) in [6.07, 6.45) is -0.707. The molecule has 114 valence electrons. The van der Waals surface area contributed by atoms with Crippen molar-refractivity contribution in [1.82, 2.24) is 5.32 Å². The molecule has 0 fully saturated rings. The molecule has 0 aliphatic rings. The molecule has 7 nitrogen and oxygen atoms in total. The topological polar surface area (TPSA) is 113 Å². The minimum absolute atomic E-state index is 0.425. The monoisotopic (exact) mass is 315 g/mol. The molecule has 3 N–H and O–H groups in total. The first-order valence-electron chi connectivity index (χ1n) is 5.92. The van der Waals surface area contributed by atoms with Gasteiger partial charge in [0.1, 0.15) is 11.8 Å². The van der Waals surface area contributed by atoms with Gasteiger partial charge in [0.2, 0.25) is 0 Å². The number of aryl methyl sites for hydroxylation is 1. The van der Waals surface area contributed by atoms with E-state index in [2.05, 4.69) is 5.32 Å². The van der Waals surface area contributed by atoms with Crippen LogP contribution < -0.4 is 10.1 Å². The van der Waals surface area contributed by atoms with E-state index in [4.69, 9.17) is 26.6 Å². The molecule has 0 aliphatic carbocycles. The molecule has 0 aromatic heterocycles. The van der Waals surface area contributed by atoms with Gasteiger partial charge >= 0.3 is 11.9 Å². The maximum atomic E-state index is 11.6. The second-order valence-corrected chi connectivity index (χ2v) is 4.69. The van der Waals surface area contributed by atoms with Crippen LogP contribution in [-0.2, 0) is 14.4 Å². The van der Waals surface area contributed by atoms with Gasteiger partial charge in [0.15, 0.2) is 6.61 Å². The average Bonchev–Trinajstić information content (AvgIpc) is 2.36. The fourth-order valence-electron chi connectivity index (χ4n) is 1.53. The third-order valence-electron chi connectivity index (χ3n) is 2.51. The van der Waals surface area contributed by atoms with Gasteiger partial charge < -0.3 is 20.3 Å². The molecule has 0 saturated heterocycles. The van der Waals surface area contributed by atoms with E-state index < -0.39 is 36.9 Å². The molecule has 0 saturated carbocycles. The minimum atomic E-state index is -1.50. The van der Waals surface area contributed by atoms with Crippen molar-refractivity contribution in [3.05, 3.63) is 28.8 Å². The Hall–Kier alpha value is -2.28. The fourth-order valence-corrected chi connectivity index (χ4v) is 1.76. The van der Waals surface area contributed by atoms with E-state index in [-0.39, 0.29) is 0 Å². The summed E-state index contributed by atoms with van der Waals surface area (Å²) < 4.78 is 5.23. The number of amides is 1. The second kappa shape index (κ2) is 7.49. The number of aliphatic carboxylic acids is 2. The normalized spacial score (nSPS) is 11.5. The van der Waals surface area contributed by atoms with Crippen molar-refractivity contribution in [2.24, 2.45) is 0 Å². The van der Waals surface area contributed by atoms with Crippen LogP contribution in [0.15, 0.2) is 18.2 Å². The molecule has 0 spiro atoms. The predicted molar refractivity (Wildman–Crippen MR) is 73.5 cm³/mol. The molecule has 1 unspecified atom stereocenters. The van der Waals surface area contributed by atoms with Crippen molar-refractivity contribution in [2.45, 2.75) is 19.4 Å². The van der Waals surface area contributed by atoms with Gasteiger partial charge in [0, 0.05) is 5.02 Å². The highest BCUT2D eigenvalue weighted by Crippen LogP contribution is 2.21. The summed E-state index contributed by atoms with van der Waals surface area (Å²) >= 11 is 5.78. The SMILES string of the molecule is Cc1cc(Cl)ccc1OCC(=O)NC(CC(=O)O)C(=O)O. The highest BCUT2D eigenvalue weighted by molar-refractivity contribution is 6.30. The first kappa shape index (κ1) is 16.8. The molecule has 21 heavy (non-hydrogen) atoms. The largest absolute Gasteiger partial charge is 0.484 e. The molecule has 1 amide bonds. The maximum absolute atomic E-state index is 11.6. The van der Waals surface area contributed by atoms with Gasteiger partial charge in [0.05, 0.1) is 6.42 Å². The van der Waals surface area contributed by atoms with E-state index in [1.165, 1.54) is 0 Å². The van der Waals surface area contributed by atoms with Crippen molar-refractivity contribution in [2.75, 3.05) is 6.61 Å². The Bertz CT molecular complexity index is 560. The lowest BCUT2D eigenvalue weighted by molar-refractivity contribution is -0.147. The Labute approximate surface area is 125 Å². The number of hydrogen-bond donors (Lipinski definition) is 3. The van der Waals surface area contributed by atoms with Gasteiger partial charge in [-0.3, -0.25) is 9.59 Å². The van der Waals surface area contributed by atoms with Gasteiger partial charge in [0.25, 0.3) is 5.91 Å². The Morgan fingerprint density at radius 3 is 2.52 bits per heavy atom. The third kappa shape index (κ3) is 5.70. The van der Waals surface area contributed by atoms with Crippen LogP contribution in [0.4, 0.5) is 0 Å². The number of carboxylic acid groups (broad SMARTS) is 2. The van der Waals surface area contributed by atoms with E-state index in [1.807, 2.05) is 0 Å². The molecule has 0 bridgehead atoms. The maximum Gasteiger partial charge on any atom is 0.326 e. The first-order chi connectivity index (χ1) is 9.79. The Morgan fingerprint density at radius 2 is 2.00 bits per heavy atom. The van der Waals surface area contributed by atoms with E-state index in [0.717, 1.165) is 5.56 Å². The molecule has 0 aliphatic heterocycles. The molecular weight excluding hydrogens is 302 g/mol. The number of carbonyl (C=O) groups excluding carboxylic acids is 1. The third-order valence-corrected chi connectivity index (χ3v) is 2.74. The first-order valence-corrected chi connectivity index (χ1v) is 6.30. The van der Waals surface area contributed by atoms with Crippen LogP contribution in [0.2, 0.25) is 5.02 Å². The lowest BCUT2D eigenvalue weighted by Crippen LogP contribution is -2.44. The van der Waals surface area contributed by atoms with Crippen molar-refractivity contribution in [1.29, 1.82) is 0 Å². The van der Waals surface area contributed by atoms with Crippen molar-refractivity contribution >= 4 is 29.4 Å². The summed E-state index contributed by atoms with van der Waals surface area (Å²) in [5, 5.41) is 20.0. The van der Waals surface area contributed by atoms with Gasteiger partial charge in [-0.15, -0.1) is 0 Å². The highest BCUT2D eigenvalue weighted by Gasteiger charge is 2.23. The minimum Gasteiger partial charge on any atom is -0.484 e. The lowest BCUT2D eigenvalue weighted by atomic mass is 10.2. The number of hydrogen-bond acceptors (Lipinski definition) is 4.